The van der Waals surface area contributed by atoms with Gasteiger partial charge in [-0.1, -0.05) is 18.6 Å². The molecule has 2 aromatic heterocycles. The quantitative estimate of drug-likeness (QED) is 0.175. The van der Waals surface area contributed by atoms with Gasteiger partial charge in [-0.3, -0.25) is 4.57 Å². The van der Waals surface area contributed by atoms with E-state index < -0.39 is 0 Å². The molecule has 0 aliphatic heterocycles. The summed E-state index contributed by atoms with van der Waals surface area (Å²) in [6.45, 7) is 10.3. The second-order valence-corrected chi connectivity index (χ2v) is 6.60. The highest BCUT2D eigenvalue weighted by Gasteiger charge is 2.06. The first-order chi connectivity index (χ1) is 13.2. The lowest BCUT2D eigenvalue weighted by atomic mass is 10.2. The molecule has 1 N–H and O–H groups in total. The summed E-state index contributed by atoms with van der Waals surface area (Å²) in [4.78, 5) is 15.7. The van der Waals surface area contributed by atoms with Crippen LogP contribution in [0.1, 0.15) is 44.0 Å². The summed E-state index contributed by atoms with van der Waals surface area (Å²) in [5.74, 6) is 2.74. The summed E-state index contributed by atoms with van der Waals surface area (Å²) in [5, 5.41) is 3.37. The van der Waals surface area contributed by atoms with Crippen LogP contribution in [0, 0.1) is 6.92 Å². The molecule has 0 aliphatic rings. The van der Waals surface area contributed by atoms with E-state index in [2.05, 4.69) is 46.8 Å². The zero-order chi connectivity index (χ0) is 19.5. The van der Waals surface area contributed by atoms with Crippen LogP contribution in [0.2, 0.25) is 0 Å². The largest absolute Gasteiger partial charge is 0.357 e. The standard InChI is InChI=1S/C21H32N6.HI/c1-5-7-8-9-10-14-26(4)21(22-6-2)25-17-19-11-12-20(24-16-19)27-15-13-23-18(27)3;/h5,11-13,15-16H,1,6-10,14,17H2,2-4H3,(H,22,25);1H. The number of allylic oxidation sites excluding steroid dienone is 1. The number of guanidine groups is 1. The average molecular weight is 496 g/mol. The molecule has 0 fully saturated rings. The van der Waals surface area contributed by atoms with Crippen molar-refractivity contribution in [3.63, 3.8) is 0 Å². The normalized spacial score (nSPS) is 11.0. The minimum Gasteiger partial charge on any atom is -0.357 e. The Morgan fingerprint density at radius 1 is 1.29 bits per heavy atom. The van der Waals surface area contributed by atoms with Gasteiger partial charge in [0.1, 0.15) is 11.6 Å². The van der Waals surface area contributed by atoms with Crippen LogP contribution in [-0.2, 0) is 6.54 Å². The van der Waals surface area contributed by atoms with Crippen LogP contribution in [0.25, 0.3) is 5.82 Å². The van der Waals surface area contributed by atoms with E-state index in [9.17, 15) is 0 Å². The molecule has 0 aliphatic carbocycles. The maximum Gasteiger partial charge on any atom is 0.193 e. The summed E-state index contributed by atoms with van der Waals surface area (Å²) in [6, 6.07) is 4.08. The maximum atomic E-state index is 4.76. The van der Waals surface area contributed by atoms with Gasteiger partial charge in [0.05, 0.1) is 6.54 Å². The van der Waals surface area contributed by atoms with Crippen LogP contribution in [-0.4, -0.2) is 45.5 Å². The van der Waals surface area contributed by atoms with Crippen LogP contribution in [0.15, 0.2) is 48.4 Å². The van der Waals surface area contributed by atoms with Gasteiger partial charge < -0.3 is 10.2 Å². The van der Waals surface area contributed by atoms with Crippen LogP contribution in [0.3, 0.4) is 0 Å². The Kier molecular flexibility index (Phi) is 11.5. The van der Waals surface area contributed by atoms with E-state index >= 15 is 0 Å². The molecule has 2 rings (SSSR count). The van der Waals surface area contributed by atoms with E-state index in [4.69, 9.17) is 4.99 Å². The van der Waals surface area contributed by atoms with Crippen molar-refractivity contribution in [2.45, 2.75) is 46.1 Å². The van der Waals surface area contributed by atoms with E-state index in [-0.39, 0.29) is 24.0 Å². The van der Waals surface area contributed by atoms with Crippen molar-refractivity contribution in [3.05, 3.63) is 54.8 Å². The van der Waals surface area contributed by atoms with Crippen molar-refractivity contribution in [2.75, 3.05) is 20.1 Å². The molecule has 154 valence electrons. The SMILES string of the molecule is C=CCCCCCN(C)C(=NCc1ccc(-n2ccnc2C)nc1)NCC.I. The monoisotopic (exact) mass is 496 g/mol. The van der Waals surface area contributed by atoms with Crippen molar-refractivity contribution in [1.82, 2.24) is 24.8 Å². The number of unbranched alkanes of at least 4 members (excludes halogenated alkanes) is 3. The molecule has 0 atom stereocenters. The number of aryl methyl sites for hydroxylation is 1. The highest BCUT2D eigenvalue weighted by atomic mass is 127. The Bertz CT molecular complexity index is 723. The number of aliphatic imine (C=N–C) groups is 1. The zero-order valence-corrected chi connectivity index (χ0v) is 19.6. The summed E-state index contributed by atoms with van der Waals surface area (Å²) in [6.07, 6.45) is 12.3. The van der Waals surface area contributed by atoms with E-state index in [0.717, 1.165) is 49.1 Å². The van der Waals surface area contributed by atoms with Crippen molar-refractivity contribution in [3.8, 4) is 5.82 Å². The minimum atomic E-state index is 0. The molecule has 0 radical (unpaired) electrons. The van der Waals surface area contributed by atoms with Gasteiger partial charge in [0.25, 0.3) is 0 Å². The number of pyridine rings is 1. The van der Waals surface area contributed by atoms with Crippen LogP contribution < -0.4 is 5.32 Å². The highest BCUT2D eigenvalue weighted by Crippen LogP contribution is 2.09. The Labute approximate surface area is 186 Å². The summed E-state index contributed by atoms with van der Waals surface area (Å²) < 4.78 is 1.97. The number of hydrogen-bond donors (Lipinski definition) is 1. The van der Waals surface area contributed by atoms with Crippen molar-refractivity contribution >= 4 is 29.9 Å². The second kappa shape index (κ2) is 13.3. The first-order valence-corrected chi connectivity index (χ1v) is 9.71. The average Bonchev–Trinajstić information content (AvgIpc) is 3.11. The molecule has 0 amide bonds. The summed E-state index contributed by atoms with van der Waals surface area (Å²) in [5.41, 5.74) is 1.09. The smallest absolute Gasteiger partial charge is 0.193 e. The third kappa shape index (κ3) is 7.61. The number of nitrogens with one attached hydrogen (secondary N) is 1. The zero-order valence-electron chi connectivity index (χ0n) is 17.3. The second-order valence-electron chi connectivity index (χ2n) is 6.60. The first-order valence-electron chi connectivity index (χ1n) is 9.71. The highest BCUT2D eigenvalue weighted by molar-refractivity contribution is 14.0. The van der Waals surface area contributed by atoms with E-state index in [1.54, 1.807) is 6.20 Å². The number of halogens is 1. The molecule has 0 aromatic carbocycles. The minimum absolute atomic E-state index is 0. The van der Waals surface area contributed by atoms with E-state index in [1.807, 2.05) is 36.0 Å². The Morgan fingerprint density at radius 2 is 2.11 bits per heavy atom. The third-order valence-corrected chi connectivity index (χ3v) is 4.39. The summed E-state index contributed by atoms with van der Waals surface area (Å²) in [7, 11) is 2.10. The Balaban J connectivity index is 0.00000392. The van der Waals surface area contributed by atoms with Gasteiger partial charge >= 0.3 is 0 Å². The van der Waals surface area contributed by atoms with Crippen LogP contribution >= 0.6 is 24.0 Å². The maximum absolute atomic E-state index is 4.76. The van der Waals surface area contributed by atoms with Crippen molar-refractivity contribution in [1.29, 1.82) is 0 Å². The third-order valence-electron chi connectivity index (χ3n) is 4.39. The predicted molar refractivity (Wildman–Crippen MR) is 128 cm³/mol. The molecule has 7 heteroatoms. The lowest BCUT2D eigenvalue weighted by Gasteiger charge is -2.22. The molecular weight excluding hydrogens is 463 g/mol. The molecule has 6 nitrogen and oxygen atoms in total. The van der Waals surface area contributed by atoms with Gasteiger partial charge in [-0.05, 0) is 44.7 Å². The molecule has 2 heterocycles. The van der Waals surface area contributed by atoms with Gasteiger partial charge in [-0.15, -0.1) is 30.6 Å². The molecule has 0 spiro atoms. The van der Waals surface area contributed by atoms with Gasteiger partial charge in [-0.2, -0.15) is 0 Å². The molecule has 0 saturated carbocycles. The lowest BCUT2D eigenvalue weighted by molar-refractivity contribution is 0.455. The molecular formula is C21H33IN6. The molecule has 2 aromatic rings. The van der Waals surface area contributed by atoms with Crippen molar-refractivity contribution < 1.29 is 0 Å². The van der Waals surface area contributed by atoms with Gasteiger partial charge in [0.2, 0.25) is 0 Å². The van der Waals surface area contributed by atoms with Crippen LogP contribution in [0.5, 0.6) is 0 Å². The van der Waals surface area contributed by atoms with Gasteiger partial charge in [0.15, 0.2) is 5.96 Å². The first kappa shape index (κ1) is 24.1. The Morgan fingerprint density at radius 3 is 2.71 bits per heavy atom. The van der Waals surface area contributed by atoms with Gasteiger partial charge in [0, 0.05) is 38.7 Å². The van der Waals surface area contributed by atoms with Gasteiger partial charge in [-0.25, -0.2) is 15.0 Å². The lowest BCUT2D eigenvalue weighted by Crippen LogP contribution is -2.39. The number of rotatable bonds is 10. The number of nitrogens with zero attached hydrogens (tertiary/aromatic N) is 5. The summed E-state index contributed by atoms with van der Waals surface area (Å²) >= 11 is 0. The number of hydrogen-bond acceptors (Lipinski definition) is 3. The molecule has 28 heavy (non-hydrogen) atoms. The number of imidazole rings is 1. The van der Waals surface area contributed by atoms with E-state index in [0.29, 0.717) is 6.54 Å². The molecule has 0 bridgehead atoms. The fourth-order valence-electron chi connectivity index (χ4n) is 2.83. The molecule has 0 unspecified atom stereocenters. The predicted octanol–water partition coefficient (Wildman–Crippen LogP) is 4.34. The van der Waals surface area contributed by atoms with Crippen molar-refractivity contribution in [2.24, 2.45) is 4.99 Å². The van der Waals surface area contributed by atoms with Crippen LogP contribution in [0.4, 0.5) is 0 Å². The molecule has 0 saturated heterocycles. The topological polar surface area (TPSA) is 58.3 Å². The fourth-order valence-corrected chi connectivity index (χ4v) is 2.83. The van der Waals surface area contributed by atoms with E-state index in [1.165, 1.54) is 12.8 Å². The Hall–Kier alpha value is -1.90. The number of aromatic nitrogens is 3. The fraction of sp³-hybridized carbons (Fsp3) is 0.476.